The minimum atomic E-state index is -0.507. The van der Waals surface area contributed by atoms with Crippen LogP contribution in [-0.4, -0.2) is 11.9 Å². The monoisotopic (exact) mass is 254 g/mol. The van der Waals surface area contributed by atoms with Gasteiger partial charge in [0.15, 0.2) is 11.5 Å². The molecule has 1 aliphatic heterocycles. The van der Waals surface area contributed by atoms with E-state index in [0.29, 0.717) is 11.1 Å². The molecule has 19 heavy (non-hydrogen) atoms. The third-order valence-electron chi connectivity index (χ3n) is 2.91. The van der Waals surface area contributed by atoms with Gasteiger partial charge in [0.2, 0.25) is 0 Å². The van der Waals surface area contributed by atoms with Crippen molar-refractivity contribution in [1.29, 1.82) is 0 Å². The van der Waals surface area contributed by atoms with Gasteiger partial charge in [0.1, 0.15) is 0 Å². The molecule has 0 saturated heterocycles. The van der Waals surface area contributed by atoms with Crippen LogP contribution in [0.15, 0.2) is 42.5 Å². The summed E-state index contributed by atoms with van der Waals surface area (Å²) in [4.78, 5) is 24.0. The van der Waals surface area contributed by atoms with Crippen molar-refractivity contribution in [2.45, 2.75) is 6.92 Å². The normalized spacial score (nSPS) is 13.5. The van der Waals surface area contributed by atoms with Gasteiger partial charge < -0.3 is 9.47 Å². The first kappa shape index (κ1) is 11.5. The first-order chi connectivity index (χ1) is 9.15. The maximum absolute atomic E-state index is 12.0. The minimum absolute atomic E-state index is 0.251. The Kier molecular flexibility index (Phi) is 2.56. The number of hydrogen-bond donors (Lipinski definition) is 0. The molecular weight excluding hydrogens is 244 g/mol. The first-order valence-electron chi connectivity index (χ1n) is 5.79. The van der Waals surface area contributed by atoms with E-state index in [9.17, 15) is 9.59 Å². The number of rotatable bonds is 0. The Hall–Kier alpha value is -2.62. The standard InChI is InChI=1S/C15H10O4/c1-9-4-2-7-12-13(9)19-15(17)11-6-3-5-10(8-11)14(16)18-12/h2-8H,1H3. The summed E-state index contributed by atoms with van der Waals surface area (Å²) in [6.07, 6.45) is 0. The number of benzene rings is 2. The molecular formula is C15H10O4. The molecule has 2 aromatic rings. The topological polar surface area (TPSA) is 52.6 Å². The number of hydrogen-bond acceptors (Lipinski definition) is 4. The Bertz CT molecular complexity index is 688. The lowest BCUT2D eigenvalue weighted by atomic mass is 10.1. The second-order valence-corrected chi connectivity index (χ2v) is 4.26. The molecule has 2 aromatic carbocycles. The summed E-state index contributed by atoms with van der Waals surface area (Å²) < 4.78 is 10.6. The van der Waals surface area contributed by atoms with Crippen molar-refractivity contribution in [3.63, 3.8) is 0 Å². The van der Waals surface area contributed by atoms with E-state index < -0.39 is 11.9 Å². The van der Waals surface area contributed by atoms with Crippen molar-refractivity contribution in [2.75, 3.05) is 0 Å². The largest absolute Gasteiger partial charge is 0.419 e. The summed E-state index contributed by atoms with van der Waals surface area (Å²) >= 11 is 0. The summed E-state index contributed by atoms with van der Waals surface area (Å²) in [5.41, 5.74) is 1.38. The maximum Gasteiger partial charge on any atom is 0.343 e. The number of carbonyl (C=O) groups excluding carboxylic acids is 2. The molecule has 0 aromatic heterocycles. The average Bonchev–Trinajstić information content (AvgIpc) is 2.44. The molecule has 4 heteroatoms. The maximum atomic E-state index is 12.0. The highest BCUT2D eigenvalue weighted by Gasteiger charge is 2.21. The molecule has 0 spiro atoms. The van der Waals surface area contributed by atoms with Crippen LogP contribution in [0.1, 0.15) is 26.3 Å². The zero-order chi connectivity index (χ0) is 13.4. The third kappa shape index (κ3) is 1.97. The van der Waals surface area contributed by atoms with Crippen LogP contribution in [0, 0.1) is 6.92 Å². The summed E-state index contributed by atoms with van der Waals surface area (Å²) in [6.45, 7) is 1.79. The van der Waals surface area contributed by atoms with Crippen LogP contribution in [0.25, 0.3) is 0 Å². The quantitative estimate of drug-likeness (QED) is 0.536. The van der Waals surface area contributed by atoms with Crippen LogP contribution < -0.4 is 9.47 Å². The highest BCUT2D eigenvalue weighted by atomic mass is 16.6. The average molecular weight is 254 g/mol. The van der Waals surface area contributed by atoms with Crippen molar-refractivity contribution < 1.29 is 19.1 Å². The number of ether oxygens (including phenoxy) is 2. The van der Waals surface area contributed by atoms with E-state index in [1.807, 2.05) is 0 Å². The van der Waals surface area contributed by atoms with E-state index >= 15 is 0 Å². The Balaban J connectivity index is 2.20. The van der Waals surface area contributed by atoms with Gasteiger partial charge in [-0.05, 0) is 36.8 Å². The molecule has 94 valence electrons. The minimum Gasteiger partial charge on any atom is -0.419 e. The van der Waals surface area contributed by atoms with E-state index in [-0.39, 0.29) is 11.5 Å². The van der Waals surface area contributed by atoms with Crippen LogP contribution in [0.5, 0.6) is 11.5 Å². The number of fused-ring (bicyclic) bond motifs is 3. The van der Waals surface area contributed by atoms with E-state index in [1.165, 1.54) is 6.07 Å². The number of aryl methyl sites for hydroxylation is 1. The molecule has 3 rings (SSSR count). The molecule has 1 aliphatic rings. The van der Waals surface area contributed by atoms with E-state index in [0.717, 1.165) is 5.56 Å². The van der Waals surface area contributed by atoms with Gasteiger partial charge in [-0.1, -0.05) is 18.2 Å². The van der Waals surface area contributed by atoms with Gasteiger partial charge >= 0.3 is 11.9 Å². The van der Waals surface area contributed by atoms with Crippen molar-refractivity contribution >= 4 is 11.9 Å². The summed E-state index contributed by atoms with van der Waals surface area (Å²) in [5.74, 6) is -0.480. The number of carbonyl (C=O) groups is 2. The van der Waals surface area contributed by atoms with Crippen molar-refractivity contribution in [1.82, 2.24) is 0 Å². The fraction of sp³-hybridized carbons (Fsp3) is 0.0667. The van der Waals surface area contributed by atoms with E-state index in [2.05, 4.69) is 0 Å². The molecule has 0 aliphatic carbocycles. The smallest absolute Gasteiger partial charge is 0.343 e. The van der Waals surface area contributed by atoms with E-state index in [1.54, 1.807) is 43.3 Å². The highest BCUT2D eigenvalue weighted by Crippen LogP contribution is 2.33. The van der Waals surface area contributed by atoms with E-state index in [4.69, 9.17) is 9.47 Å². The Morgan fingerprint density at radius 2 is 1.47 bits per heavy atom. The van der Waals surface area contributed by atoms with Gasteiger partial charge in [0.25, 0.3) is 0 Å². The van der Waals surface area contributed by atoms with Gasteiger partial charge in [-0.3, -0.25) is 0 Å². The molecule has 4 nitrogen and oxygen atoms in total. The van der Waals surface area contributed by atoms with Crippen LogP contribution in [0.2, 0.25) is 0 Å². The van der Waals surface area contributed by atoms with Crippen LogP contribution in [0.3, 0.4) is 0 Å². The lowest BCUT2D eigenvalue weighted by Crippen LogP contribution is -2.09. The molecule has 0 radical (unpaired) electrons. The number of para-hydroxylation sites is 1. The number of esters is 2. The van der Waals surface area contributed by atoms with Gasteiger partial charge in [-0.25, -0.2) is 9.59 Å². The molecule has 2 bridgehead atoms. The summed E-state index contributed by atoms with van der Waals surface area (Å²) in [7, 11) is 0. The first-order valence-corrected chi connectivity index (χ1v) is 5.79. The molecule has 0 atom stereocenters. The summed E-state index contributed by atoms with van der Waals surface area (Å²) in [6, 6.07) is 11.4. The fourth-order valence-electron chi connectivity index (χ4n) is 1.92. The fourth-order valence-corrected chi connectivity index (χ4v) is 1.92. The second-order valence-electron chi connectivity index (χ2n) is 4.26. The van der Waals surface area contributed by atoms with Crippen LogP contribution in [-0.2, 0) is 0 Å². The molecule has 0 unspecified atom stereocenters. The van der Waals surface area contributed by atoms with Gasteiger partial charge in [-0.15, -0.1) is 0 Å². The zero-order valence-corrected chi connectivity index (χ0v) is 10.2. The molecule has 0 N–H and O–H groups in total. The molecule has 1 heterocycles. The highest BCUT2D eigenvalue weighted by molar-refractivity contribution is 5.98. The molecule has 0 amide bonds. The Labute approximate surface area is 109 Å². The Morgan fingerprint density at radius 3 is 2.21 bits per heavy atom. The van der Waals surface area contributed by atoms with Crippen molar-refractivity contribution in [2.24, 2.45) is 0 Å². The lowest BCUT2D eigenvalue weighted by molar-refractivity contribution is 0.0691. The van der Waals surface area contributed by atoms with Crippen molar-refractivity contribution in [3.8, 4) is 11.5 Å². The SMILES string of the molecule is Cc1cccc2c1OC(=O)c1cccc(c1)C(=O)O2. The predicted octanol–water partition coefficient (Wildman–Crippen LogP) is 2.75. The van der Waals surface area contributed by atoms with Crippen molar-refractivity contribution in [3.05, 3.63) is 59.2 Å². The van der Waals surface area contributed by atoms with Crippen LogP contribution in [0.4, 0.5) is 0 Å². The third-order valence-corrected chi connectivity index (χ3v) is 2.91. The van der Waals surface area contributed by atoms with Gasteiger partial charge in [0, 0.05) is 0 Å². The Morgan fingerprint density at radius 1 is 0.842 bits per heavy atom. The zero-order valence-electron chi connectivity index (χ0n) is 10.2. The van der Waals surface area contributed by atoms with Gasteiger partial charge in [0.05, 0.1) is 11.1 Å². The van der Waals surface area contributed by atoms with Crippen LogP contribution >= 0.6 is 0 Å². The molecule has 0 fully saturated rings. The molecule has 0 saturated carbocycles. The summed E-state index contributed by atoms with van der Waals surface area (Å²) in [5, 5.41) is 0. The second kappa shape index (κ2) is 4.24. The van der Waals surface area contributed by atoms with Gasteiger partial charge in [-0.2, -0.15) is 0 Å². The predicted molar refractivity (Wildman–Crippen MR) is 67.5 cm³/mol. The lowest BCUT2D eigenvalue weighted by Gasteiger charge is -2.10.